The van der Waals surface area contributed by atoms with Gasteiger partial charge in [0.1, 0.15) is 6.33 Å². The van der Waals surface area contributed by atoms with E-state index in [1.807, 2.05) is 36.4 Å². The zero-order valence-electron chi connectivity index (χ0n) is 14.1. The highest BCUT2D eigenvalue weighted by Crippen LogP contribution is 2.21. The number of para-hydroxylation sites is 1. The molecule has 0 aliphatic rings. The van der Waals surface area contributed by atoms with E-state index >= 15 is 0 Å². The van der Waals surface area contributed by atoms with Crippen molar-refractivity contribution in [1.82, 2.24) is 25.2 Å². The van der Waals surface area contributed by atoms with E-state index in [4.69, 9.17) is 0 Å². The molecule has 0 saturated heterocycles. The van der Waals surface area contributed by atoms with Gasteiger partial charge in [0.05, 0.1) is 17.3 Å². The molecule has 0 aliphatic heterocycles. The minimum atomic E-state index is -1.29. The normalized spacial score (nSPS) is 11.9. The molecule has 1 atom stereocenters. The van der Waals surface area contributed by atoms with Crippen LogP contribution in [0.5, 0.6) is 0 Å². The Morgan fingerprint density at radius 1 is 1.00 bits per heavy atom. The second-order valence-corrected chi connectivity index (χ2v) is 5.78. The van der Waals surface area contributed by atoms with Gasteiger partial charge < -0.3 is 5.11 Å². The topological polar surface area (TPSA) is 105 Å². The van der Waals surface area contributed by atoms with Crippen LogP contribution in [-0.2, 0) is 4.79 Å². The van der Waals surface area contributed by atoms with Crippen molar-refractivity contribution in [2.75, 3.05) is 5.43 Å². The van der Waals surface area contributed by atoms with Gasteiger partial charge in [-0.3, -0.25) is 15.6 Å². The SMILES string of the molecule is O=C(NNc1ncnc2c1cnn2-c1ccccc1)[C@H](O)c1ccccc1. The van der Waals surface area contributed by atoms with Gasteiger partial charge in [0.25, 0.3) is 5.91 Å². The maximum Gasteiger partial charge on any atom is 0.271 e. The summed E-state index contributed by atoms with van der Waals surface area (Å²) < 4.78 is 1.68. The highest BCUT2D eigenvalue weighted by atomic mass is 16.3. The molecule has 8 nitrogen and oxygen atoms in total. The number of aromatic nitrogens is 4. The van der Waals surface area contributed by atoms with Crippen LogP contribution < -0.4 is 10.9 Å². The summed E-state index contributed by atoms with van der Waals surface area (Å²) in [6.45, 7) is 0. The van der Waals surface area contributed by atoms with Gasteiger partial charge in [-0.1, -0.05) is 48.5 Å². The molecule has 8 heteroatoms. The van der Waals surface area contributed by atoms with E-state index in [0.29, 0.717) is 22.4 Å². The van der Waals surface area contributed by atoms with Crippen molar-refractivity contribution in [3.8, 4) is 5.69 Å². The third-order valence-corrected chi connectivity index (χ3v) is 4.03. The fourth-order valence-electron chi connectivity index (χ4n) is 2.68. The Morgan fingerprint density at radius 2 is 1.70 bits per heavy atom. The first-order valence-corrected chi connectivity index (χ1v) is 8.27. The second-order valence-electron chi connectivity index (χ2n) is 5.78. The van der Waals surface area contributed by atoms with Crippen molar-refractivity contribution in [2.45, 2.75) is 6.10 Å². The molecular formula is C19H16N6O2. The van der Waals surface area contributed by atoms with Crippen LogP contribution in [0.1, 0.15) is 11.7 Å². The van der Waals surface area contributed by atoms with Crippen LogP contribution in [0, 0.1) is 0 Å². The molecule has 0 fully saturated rings. The number of hydrogen-bond acceptors (Lipinski definition) is 6. The van der Waals surface area contributed by atoms with E-state index in [1.165, 1.54) is 6.33 Å². The Hall–Kier alpha value is -3.78. The summed E-state index contributed by atoms with van der Waals surface area (Å²) in [5.74, 6) is -0.209. The third-order valence-electron chi connectivity index (χ3n) is 4.03. The second kappa shape index (κ2) is 7.22. The van der Waals surface area contributed by atoms with E-state index in [2.05, 4.69) is 25.9 Å². The van der Waals surface area contributed by atoms with Gasteiger partial charge in [-0.2, -0.15) is 5.10 Å². The van der Waals surface area contributed by atoms with E-state index in [9.17, 15) is 9.90 Å². The molecule has 1 amide bonds. The van der Waals surface area contributed by atoms with Gasteiger partial charge in [-0.05, 0) is 17.7 Å². The molecule has 3 N–H and O–H groups in total. The minimum absolute atomic E-state index is 0.385. The average Bonchev–Trinajstić information content (AvgIpc) is 3.17. The average molecular weight is 360 g/mol. The van der Waals surface area contributed by atoms with Crippen LogP contribution in [0.3, 0.4) is 0 Å². The minimum Gasteiger partial charge on any atom is -0.378 e. The predicted octanol–water partition coefficient (Wildman–Crippen LogP) is 1.99. The summed E-state index contributed by atoms with van der Waals surface area (Å²) in [6.07, 6.45) is 1.71. The molecule has 4 rings (SSSR count). The largest absolute Gasteiger partial charge is 0.378 e. The molecule has 0 unspecified atom stereocenters. The molecule has 0 radical (unpaired) electrons. The lowest BCUT2D eigenvalue weighted by Crippen LogP contribution is -2.34. The van der Waals surface area contributed by atoms with Crippen LogP contribution in [0.2, 0.25) is 0 Å². The Kier molecular flexibility index (Phi) is 4.46. The summed E-state index contributed by atoms with van der Waals surface area (Å²) in [4.78, 5) is 20.6. The highest BCUT2D eigenvalue weighted by molar-refractivity contribution is 5.89. The van der Waals surface area contributed by atoms with Crippen molar-refractivity contribution in [1.29, 1.82) is 0 Å². The van der Waals surface area contributed by atoms with E-state index in [0.717, 1.165) is 5.69 Å². The summed E-state index contributed by atoms with van der Waals surface area (Å²) in [5.41, 5.74) is 7.17. The lowest BCUT2D eigenvalue weighted by molar-refractivity contribution is -0.129. The van der Waals surface area contributed by atoms with Crippen LogP contribution in [0.4, 0.5) is 5.82 Å². The Bertz CT molecular complexity index is 1070. The zero-order chi connectivity index (χ0) is 18.6. The van der Waals surface area contributed by atoms with Gasteiger partial charge >= 0.3 is 0 Å². The number of carbonyl (C=O) groups excluding carboxylic acids is 1. The summed E-state index contributed by atoms with van der Waals surface area (Å²) >= 11 is 0. The first kappa shape index (κ1) is 16.7. The number of fused-ring (bicyclic) bond motifs is 1. The van der Waals surface area contributed by atoms with Gasteiger partial charge in [0.2, 0.25) is 0 Å². The standard InChI is InChI=1S/C19H16N6O2/c26-16(13-7-3-1-4-8-13)19(27)24-23-17-15-11-22-25(18(15)21-12-20-17)14-9-5-2-6-10-14/h1-12,16,26H,(H,24,27)(H,20,21,23)/t16-/m1/s1. The molecule has 2 aromatic carbocycles. The smallest absolute Gasteiger partial charge is 0.271 e. The van der Waals surface area contributed by atoms with E-state index in [1.54, 1.807) is 35.1 Å². The van der Waals surface area contributed by atoms with Crippen LogP contribution in [-0.4, -0.2) is 30.8 Å². The fraction of sp³-hybridized carbons (Fsp3) is 0.0526. The quantitative estimate of drug-likeness (QED) is 0.470. The lowest BCUT2D eigenvalue weighted by atomic mass is 10.1. The number of benzene rings is 2. The van der Waals surface area contributed by atoms with Gasteiger partial charge in [-0.15, -0.1) is 0 Å². The van der Waals surface area contributed by atoms with Crippen molar-refractivity contribution >= 4 is 22.8 Å². The molecule has 0 saturated carbocycles. The van der Waals surface area contributed by atoms with Gasteiger partial charge in [0.15, 0.2) is 17.6 Å². The number of amides is 1. The summed E-state index contributed by atoms with van der Waals surface area (Å²) in [6, 6.07) is 18.3. The Labute approximate surface area is 154 Å². The number of anilines is 1. The molecule has 0 bridgehead atoms. The van der Waals surface area contributed by atoms with Crippen LogP contribution in [0.15, 0.2) is 73.2 Å². The molecule has 134 valence electrons. The molecule has 0 spiro atoms. The first-order chi connectivity index (χ1) is 13.2. The number of aliphatic hydroxyl groups is 1. The monoisotopic (exact) mass is 360 g/mol. The van der Waals surface area contributed by atoms with Crippen LogP contribution in [0.25, 0.3) is 16.7 Å². The Balaban J connectivity index is 1.55. The Morgan fingerprint density at radius 3 is 2.44 bits per heavy atom. The fourth-order valence-corrected chi connectivity index (χ4v) is 2.68. The summed E-state index contributed by atoms with van der Waals surface area (Å²) in [7, 11) is 0. The van der Waals surface area contributed by atoms with Crippen LogP contribution >= 0.6 is 0 Å². The molecule has 4 aromatic rings. The molecule has 2 heterocycles. The molecule has 2 aromatic heterocycles. The maximum atomic E-state index is 12.2. The number of nitrogens with one attached hydrogen (secondary N) is 2. The number of carbonyl (C=O) groups is 1. The predicted molar refractivity (Wildman–Crippen MR) is 99.8 cm³/mol. The molecule has 0 aliphatic carbocycles. The third kappa shape index (κ3) is 3.33. The number of hydrogen-bond donors (Lipinski definition) is 3. The lowest BCUT2D eigenvalue weighted by Gasteiger charge is -2.13. The van der Waals surface area contributed by atoms with Crippen molar-refractivity contribution in [3.05, 3.63) is 78.8 Å². The number of nitrogens with zero attached hydrogens (tertiary/aromatic N) is 4. The number of hydrazine groups is 1. The van der Waals surface area contributed by atoms with Gasteiger partial charge in [-0.25, -0.2) is 14.6 Å². The highest BCUT2D eigenvalue weighted by Gasteiger charge is 2.18. The van der Waals surface area contributed by atoms with Crippen molar-refractivity contribution in [3.63, 3.8) is 0 Å². The van der Waals surface area contributed by atoms with E-state index < -0.39 is 12.0 Å². The number of aliphatic hydroxyl groups excluding tert-OH is 1. The van der Waals surface area contributed by atoms with Crippen molar-refractivity contribution < 1.29 is 9.90 Å². The summed E-state index contributed by atoms with van der Waals surface area (Å²) in [5, 5.41) is 15.1. The zero-order valence-corrected chi connectivity index (χ0v) is 14.1. The maximum absolute atomic E-state index is 12.2. The molecular weight excluding hydrogens is 344 g/mol. The van der Waals surface area contributed by atoms with E-state index in [-0.39, 0.29) is 0 Å². The van der Waals surface area contributed by atoms with Gasteiger partial charge in [0, 0.05) is 0 Å². The van der Waals surface area contributed by atoms with Crippen molar-refractivity contribution in [2.24, 2.45) is 0 Å². The number of rotatable bonds is 5. The molecule has 27 heavy (non-hydrogen) atoms. The first-order valence-electron chi connectivity index (χ1n) is 8.27.